The van der Waals surface area contributed by atoms with E-state index in [1.54, 1.807) is 12.1 Å². The summed E-state index contributed by atoms with van der Waals surface area (Å²) in [7, 11) is 0. The number of hydrogen-bond donors (Lipinski definition) is 0. The molecule has 2 nitrogen and oxygen atoms in total. The number of carbonyl (C=O) groups is 2. The molecule has 0 spiro atoms. The van der Waals surface area contributed by atoms with Gasteiger partial charge < -0.3 is 0 Å². The van der Waals surface area contributed by atoms with E-state index in [-0.39, 0.29) is 18.0 Å². The van der Waals surface area contributed by atoms with E-state index in [0.717, 1.165) is 12.8 Å². The largest absolute Gasteiger partial charge is 0.299 e. The minimum Gasteiger partial charge on any atom is -0.299 e. The van der Waals surface area contributed by atoms with Crippen LogP contribution in [0.4, 0.5) is 0 Å². The first-order chi connectivity index (χ1) is 18.7. The van der Waals surface area contributed by atoms with E-state index in [4.69, 9.17) is 0 Å². The molecule has 0 amide bonds. The molecule has 2 heteroatoms. The highest BCUT2D eigenvalue weighted by Gasteiger charge is 2.11. The first-order valence-corrected chi connectivity index (χ1v) is 16.8. The van der Waals surface area contributed by atoms with E-state index in [1.807, 2.05) is 18.2 Å². The zero-order valence-corrected chi connectivity index (χ0v) is 25.3. The Morgan fingerprint density at radius 3 is 1.11 bits per heavy atom. The van der Waals surface area contributed by atoms with E-state index in [1.165, 1.54) is 148 Å². The smallest absolute Gasteiger partial charge is 0.170 e. The van der Waals surface area contributed by atoms with Crippen molar-refractivity contribution < 1.29 is 9.59 Å². The van der Waals surface area contributed by atoms with Crippen molar-refractivity contribution in [2.24, 2.45) is 0 Å². The molecule has 0 heterocycles. The molecule has 0 saturated carbocycles. The van der Waals surface area contributed by atoms with Gasteiger partial charge in [-0.25, -0.2) is 0 Å². The maximum Gasteiger partial charge on any atom is 0.170 e. The summed E-state index contributed by atoms with van der Waals surface area (Å²) < 4.78 is 0. The van der Waals surface area contributed by atoms with Crippen LogP contribution >= 0.6 is 0 Å². The molecule has 0 unspecified atom stereocenters. The standard InChI is InChI=1S/C36H62O2/c1-2-3-4-5-6-7-8-9-10-11-12-13-14-15-16-17-18-19-20-21-22-23-24-25-29-32-35(37)33-36(38)34-30-27-26-28-31-34/h26-28,30-31H,2-25,29,32-33H2,1H3. The van der Waals surface area contributed by atoms with Crippen molar-refractivity contribution in [1.82, 2.24) is 0 Å². The molecular formula is C36H62O2. The second kappa shape index (κ2) is 27.1. The average molecular weight is 527 g/mol. The van der Waals surface area contributed by atoms with Crippen molar-refractivity contribution in [2.75, 3.05) is 0 Å². The van der Waals surface area contributed by atoms with Gasteiger partial charge in [0.05, 0.1) is 6.42 Å². The first-order valence-electron chi connectivity index (χ1n) is 16.8. The molecule has 218 valence electrons. The van der Waals surface area contributed by atoms with Crippen molar-refractivity contribution in [3.8, 4) is 0 Å². The first kappa shape index (κ1) is 34.6. The SMILES string of the molecule is CCCCCCCCCCCCCCCCCCCCCCCCCCCC(=O)CC(=O)c1ccccc1. The monoisotopic (exact) mass is 526 g/mol. The van der Waals surface area contributed by atoms with Gasteiger partial charge in [0.2, 0.25) is 0 Å². The van der Waals surface area contributed by atoms with Gasteiger partial charge in [0.1, 0.15) is 5.78 Å². The summed E-state index contributed by atoms with van der Waals surface area (Å²) >= 11 is 0. The lowest BCUT2D eigenvalue weighted by Crippen LogP contribution is -2.07. The fourth-order valence-electron chi connectivity index (χ4n) is 5.45. The van der Waals surface area contributed by atoms with Crippen molar-refractivity contribution in [2.45, 2.75) is 180 Å². The number of hydrogen-bond acceptors (Lipinski definition) is 2. The van der Waals surface area contributed by atoms with Crippen molar-refractivity contribution in [3.05, 3.63) is 35.9 Å². The molecule has 1 rings (SSSR count). The number of unbranched alkanes of at least 4 members (excludes halogenated alkanes) is 24. The average Bonchev–Trinajstić information content (AvgIpc) is 2.93. The third-order valence-electron chi connectivity index (χ3n) is 8.01. The molecular weight excluding hydrogens is 464 g/mol. The normalized spacial score (nSPS) is 11.2. The van der Waals surface area contributed by atoms with Crippen LogP contribution in [0.1, 0.15) is 191 Å². The molecule has 0 atom stereocenters. The minimum absolute atomic E-state index is 0.0461. The lowest BCUT2D eigenvalue weighted by molar-refractivity contribution is -0.118. The Balaban J connectivity index is 1.71. The predicted molar refractivity (Wildman–Crippen MR) is 166 cm³/mol. The van der Waals surface area contributed by atoms with Crippen molar-refractivity contribution in [3.63, 3.8) is 0 Å². The topological polar surface area (TPSA) is 34.1 Å². The Kier molecular flexibility index (Phi) is 24.7. The Hall–Kier alpha value is -1.44. The third-order valence-corrected chi connectivity index (χ3v) is 8.01. The predicted octanol–water partition coefficient (Wildman–Crippen LogP) is 12.0. The number of Topliss-reactive ketones (excluding diaryl/α,β-unsaturated/α-hetero) is 2. The van der Waals surface area contributed by atoms with Gasteiger partial charge in [-0.1, -0.05) is 191 Å². The molecule has 0 N–H and O–H groups in total. The highest BCUT2D eigenvalue weighted by Crippen LogP contribution is 2.16. The van der Waals surface area contributed by atoms with Crippen LogP contribution in [0.2, 0.25) is 0 Å². The van der Waals surface area contributed by atoms with Crippen LogP contribution in [0.5, 0.6) is 0 Å². The lowest BCUT2D eigenvalue weighted by atomic mass is 10.0. The van der Waals surface area contributed by atoms with E-state index >= 15 is 0 Å². The quantitative estimate of drug-likeness (QED) is 0.0591. The second-order valence-electron chi connectivity index (χ2n) is 11.7. The molecule has 0 aliphatic rings. The Bertz CT molecular complexity index is 651. The van der Waals surface area contributed by atoms with Crippen LogP contribution in [0.3, 0.4) is 0 Å². The molecule has 0 aliphatic carbocycles. The number of rotatable bonds is 29. The molecule has 0 aromatic heterocycles. The summed E-state index contributed by atoms with van der Waals surface area (Å²) in [6.07, 6.45) is 35.2. The Morgan fingerprint density at radius 2 is 0.763 bits per heavy atom. The fraction of sp³-hybridized carbons (Fsp3) is 0.778. The van der Waals surface area contributed by atoms with Crippen LogP contribution in [0.25, 0.3) is 0 Å². The molecule has 1 aromatic rings. The summed E-state index contributed by atoms with van der Waals surface area (Å²) in [5.41, 5.74) is 0.649. The minimum atomic E-state index is -0.0461. The van der Waals surface area contributed by atoms with Gasteiger partial charge in [0.15, 0.2) is 5.78 Å². The van der Waals surface area contributed by atoms with Crippen LogP contribution in [-0.4, -0.2) is 11.6 Å². The van der Waals surface area contributed by atoms with Crippen LogP contribution in [0, 0.1) is 0 Å². The van der Waals surface area contributed by atoms with Gasteiger partial charge in [0, 0.05) is 12.0 Å². The van der Waals surface area contributed by atoms with Gasteiger partial charge >= 0.3 is 0 Å². The molecule has 1 aromatic carbocycles. The molecule has 0 saturated heterocycles. The molecule has 0 bridgehead atoms. The highest BCUT2D eigenvalue weighted by atomic mass is 16.1. The summed E-state index contributed by atoms with van der Waals surface area (Å²) in [4.78, 5) is 24.1. The fourth-order valence-corrected chi connectivity index (χ4v) is 5.45. The van der Waals surface area contributed by atoms with Crippen molar-refractivity contribution >= 4 is 11.6 Å². The van der Waals surface area contributed by atoms with E-state index in [9.17, 15) is 9.59 Å². The van der Waals surface area contributed by atoms with E-state index in [2.05, 4.69) is 6.92 Å². The highest BCUT2D eigenvalue weighted by molar-refractivity contribution is 6.07. The van der Waals surface area contributed by atoms with Crippen LogP contribution in [0.15, 0.2) is 30.3 Å². The Labute approximate surface area is 237 Å². The number of carbonyl (C=O) groups excluding carboxylic acids is 2. The molecule has 0 aliphatic heterocycles. The maximum atomic E-state index is 12.1. The van der Waals surface area contributed by atoms with Gasteiger partial charge in [-0.2, -0.15) is 0 Å². The van der Waals surface area contributed by atoms with E-state index in [0.29, 0.717) is 12.0 Å². The summed E-state index contributed by atoms with van der Waals surface area (Å²) in [6.45, 7) is 2.29. The van der Waals surface area contributed by atoms with Crippen LogP contribution in [-0.2, 0) is 4.79 Å². The number of benzene rings is 1. The van der Waals surface area contributed by atoms with Gasteiger partial charge in [-0.05, 0) is 6.42 Å². The summed E-state index contributed by atoms with van der Waals surface area (Å²) in [5, 5.41) is 0. The summed E-state index contributed by atoms with van der Waals surface area (Å²) in [5.74, 6) is 0.0446. The molecule has 38 heavy (non-hydrogen) atoms. The third kappa shape index (κ3) is 22.5. The zero-order valence-electron chi connectivity index (χ0n) is 25.3. The van der Waals surface area contributed by atoms with Gasteiger partial charge in [0.25, 0.3) is 0 Å². The van der Waals surface area contributed by atoms with Gasteiger partial charge in [-0.3, -0.25) is 9.59 Å². The summed E-state index contributed by atoms with van der Waals surface area (Å²) in [6, 6.07) is 9.16. The molecule has 0 radical (unpaired) electrons. The zero-order chi connectivity index (χ0) is 27.4. The van der Waals surface area contributed by atoms with E-state index < -0.39 is 0 Å². The van der Waals surface area contributed by atoms with Crippen molar-refractivity contribution in [1.29, 1.82) is 0 Å². The Morgan fingerprint density at radius 1 is 0.447 bits per heavy atom. The molecule has 0 fully saturated rings. The number of ketones is 2. The van der Waals surface area contributed by atoms with Gasteiger partial charge in [-0.15, -0.1) is 0 Å². The maximum absolute atomic E-state index is 12.1. The van der Waals surface area contributed by atoms with Crippen LogP contribution < -0.4 is 0 Å². The second-order valence-corrected chi connectivity index (χ2v) is 11.7. The lowest BCUT2D eigenvalue weighted by Gasteiger charge is -2.04.